The summed E-state index contributed by atoms with van der Waals surface area (Å²) in [5, 5.41) is 14.4. The molecule has 0 bridgehead atoms. The molecule has 7 heteroatoms. The first kappa shape index (κ1) is 16.8. The number of H-pyrrole nitrogens is 1. The highest BCUT2D eigenvalue weighted by Gasteiger charge is 2.19. The number of anilines is 1. The van der Waals surface area contributed by atoms with Crippen LogP contribution in [-0.2, 0) is 19.3 Å². The van der Waals surface area contributed by atoms with Gasteiger partial charge in [-0.3, -0.25) is 5.10 Å². The van der Waals surface area contributed by atoms with Crippen LogP contribution in [0.5, 0.6) is 0 Å². The molecule has 26 heavy (non-hydrogen) atoms. The minimum Gasteiger partial charge on any atom is -0.461 e. The summed E-state index contributed by atoms with van der Waals surface area (Å²) in [6, 6.07) is 6.05. The lowest BCUT2D eigenvalue weighted by molar-refractivity contribution is 0.576. The third kappa shape index (κ3) is 3.62. The Morgan fingerprint density at radius 3 is 2.92 bits per heavy atom. The van der Waals surface area contributed by atoms with Gasteiger partial charge in [-0.2, -0.15) is 5.10 Å². The van der Waals surface area contributed by atoms with E-state index in [1.807, 2.05) is 19.1 Å². The molecule has 4 heterocycles. The van der Waals surface area contributed by atoms with E-state index in [0.717, 1.165) is 55.3 Å². The maximum absolute atomic E-state index is 5.52. The van der Waals surface area contributed by atoms with Crippen molar-refractivity contribution in [1.29, 1.82) is 0 Å². The standard InChI is InChI=1S/C19H24N6O/c1-12(10-14-11-13(2)24-25-14)21-18-15-5-7-20-8-6-16(15)22-19(23-18)17-4-3-9-26-17/h3-4,9,11-12,20H,5-8,10H2,1-2H3,(H,24,25)(H,21,22,23)/t12-/m0/s1. The molecule has 4 rings (SSSR count). The van der Waals surface area contributed by atoms with Gasteiger partial charge in [-0.25, -0.2) is 9.97 Å². The van der Waals surface area contributed by atoms with Crippen LogP contribution in [0.3, 0.4) is 0 Å². The van der Waals surface area contributed by atoms with Gasteiger partial charge in [0.05, 0.1) is 17.7 Å². The molecule has 0 radical (unpaired) electrons. The summed E-state index contributed by atoms with van der Waals surface area (Å²) in [7, 11) is 0. The second-order valence-electron chi connectivity index (χ2n) is 6.84. The molecule has 0 saturated carbocycles. The van der Waals surface area contributed by atoms with Gasteiger partial charge < -0.3 is 15.1 Å². The van der Waals surface area contributed by atoms with E-state index in [0.29, 0.717) is 11.6 Å². The first-order valence-electron chi connectivity index (χ1n) is 9.11. The van der Waals surface area contributed by atoms with Gasteiger partial charge in [0.1, 0.15) is 5.82 Å². The summed E-state index contributed by atoms with van der Waals surface area (Å²) in [6.45, 7) is 6.04. The highest BCUT2D eigenvalue weighted by Crippen LogP contribution is 2.25. The molecule has 1 aliphatic heterocycles. The third-order valence-corrected chi connectivity index (χ3v) is 4.58. The molecule has 0 spiro atoms. The van der Waals surface area contributed by atoms with Crippen molar-refractivity contribution in [2.24, 2.45) is 0 Å². The number of aromatic amines is 1. The van der Waals surface area contributed by atoms with Crippen LogP contribution in [-0.4, -0.2) is 39.3 Å². The van der Waals surface area contributed by atoms with Crippen LogP contribution in [0, 0.1) is 6.92 Å². The second kappa shape index (κ2) is 7.29. The predicted octanol–water partition coefficient (Wildman–Crippen LogP) is 2.50. The molecule has 3 N–H and O–H groups in total. The zero-order valence-electron chi connectivity index (χ0n) is 15.2. The summed E-state index contributed by atoms with van der Waals surface area (Å²) in [5.74, 6) is 2.24. The lowest BCUT2D eigenvalue weighted by Crippen LogP contribution is -2.21. The lowest BCUT2D eigenvalue weighted by atomic mass is 10.1. The molecule has 1 atom stereocenters. The van der Waals surface area contributed by atoms with Crippen LogP contribution in [0.15, 0.2) is 28.9 Å². The van der Waals surface area contributed by atoms with E-state index < -0.39 is 0 Å². The lowest BCUT2D eigenvalue weighted by Gasteiger charge is -2.18. The minimum absolute atomic E-state index is 0.206. The summed E-state index contributed by atoms with van der Waals surface area (Å²) in [4.78, 5) is 9.55. The number of nitrogens with one attached hydrogen (secondary N) is 3. The Kier molecular flexibility index (Phi) is 4.71. The topological polar surface area (TPSA) is 91.7 Å². The number of nitrogens with zero attached hydrogens (tertiary/aromatic N) is 3. The smallest absolute Gasteiger partial charge is 0.197 e. The Morgan fingerprint density at radius 1 is 1.27 bits per heavy atom. The maximum atomic E-state index is 5.52. The van der Waals surface area contributed by atoms with Gasteiger partial charge in [-0.05, 0) is 45.0 Å². The van der Waals surface area contributed by atoms with E-state index in [2.05, 4.69) is 33.8 Å². The van der Waals surface area contributed by atoms with E-state index in [-0.39, 0.29) is 6.04 Å². The molecular formula is C19H24N6O. The highest BCUT2D eigenvalue weighted by molar-refractivity contribution is 5.56. The molecule has 136 valence electrons. The van der Waals surface area contributed by atoms with E-state index in [1.54, 1.807) is 6.26 Å². The van der Waals surface area contributed by atoms with Crippen molar-refractivity contribution in [3.05, 3.63) is 47.1 Å². The van der Waals surface area contributed by atoms with Crippen LogP contribution < -0.4 is 10.6 Å². The Labute approximate surface area is 152 Å². The monoisotopic (exact) mass is 352 g/mol. The largest absolute Gasteiger partial charge is 0.461 e. The van der Waals surface area contributed by atoms with Crippen LogP contribution >= 0.6 is 0 Å². The fourth-order valence-electron chi connectivity index (χ4n) is 3.36. The van der Waals surface area contributed by atoms with Crippen LogP contribution in [0.1, 0.15) is 29.6 Å². The fourth-order valence-corrected chi connectivity index (χ4v) is 3.36. The first-order valence-corrected chi connectivity index (χ1v) is 9.11. The van der Waals surface area contributed by atoms with Crippen molar-refractivity contribution in [3.8, 4) is 11.6 Å². The Balaban J connectivity index is 1.63. The van der Waals surface area contributed by atoms with E-state index in [9.17, 15) is 0 Å². The second-order valence-corrected chi connectivity index (χ2v) is 6.84. The third-order valence-electron chi connectivity index (χ3n) is 4.58. The molecule has 0 unspecified atom stereocenters. The molecule has 7 nitrogen and oxygen atoms in total. The number of fused-ring (bicyclic) bond motifs is 1. The van der Waals surface area contributed by atoms with Crippen molar-refractivity contribution in [2.45, 2.75) is 39.2 Å². The summed E-state index contributed by atoms with van der Waals surface area (Å²) < 4.78 is 5.52. The normalized spacial score (nSPS) is 15.3. The SMILES string of the molecule is Cc1cc(C[C@H](C)Nc2nc(-c3ccco3)nc3c2CCNCC3)n[nH]1. The quantitative estimate of drug-likeness (QED) is 0.653. The molecular weight excluding hydrogens is 328 g/mol. The van der Waals surface area contributed by atoms with Gasteiger partial charge in [-0.1, -0.05) is 0 Å². The van der Waals surface area contributed by atoms with Crippen LogP contribution in [0.25, 0.3) is 11.6 Å². The van der Waals surface area contributed by atoms with E-state index in [4.69, 9.17) is 14.4 Å². The van der Waals surface area contributed by atoms with Crippen molar-refractivity contribution >= 4 is 5.82 Å². The number of rotatable bonds is 5. The Hall–Kier alpha value is -2.67. The van der Waals surface area contributed by atoms with Crippen LogP contribution in [0.4, 0.5) is 5.82 Å². The number of hydrogen-bond acceptors (Lipinski definition) is 6. The molecule has 3 aromatic heterocycles. The fraction of sp³-hybridized carbons (Fsp3) is 0.421. The molecule has 0 aliphatic carbocycles. The van der Waals surface area contributed by atoms with Gasteiger partial charge >= 0.3 is 0 Å². The number of aromatic nitrogens is 4. The molecule has 0 saturated heterocycles. The van der Waals surface area contributed by atoms with E-state index in [1.165, 1.54) is 5.56 Å². The highest BCUT2D eigenvalue weighted by atomic mass is 16.3. The zero-order chi connectivity index (χ0) is 17.9. The van der Waals surface area contributed by atoms with Gasteiger partial charge in [0.25, 0.3) is 0 Å². The molecule has 0 aromatic carbocycles. The van der Waals surface area contributed by atoms with Crippen molar-refractivity contribution in [2.75, 3.05) is 18.4 Å². The Bertz CT molecular complexity index is 870. The summed E-state index contributed by atoms with van der Waals surface area (Å²) >= 11 is 0. The number of aryl methyl sites for hydroxylation is 1. The Morgan fingerprint density at radius 2 is 2.15 bits per heavy atom. The number of hydrogen-bond donors (Lipinski definition) is 3. The van der Waals surface area contributed by atoms with Crippen molar-refractivity contribution < 1.29 is 4.42 Å². The maximum Gasteiger partial charge on any atom is 0.197 e. The summed E-state index contributed by atoms with van der Waals surface area (Å²) in [5.41, 5.74) is 4.43. The number of furan rings is 1. The van der Waals surface area contributed by atoms with Gasteiger partial charge in [0.15, 0.2) is 11.6 Å². The summed E-state index contributed by atoms with van der Waals surface area (Å²) in [6.07, 6.45) is 4.30. The van der Waals surface area contributed by atoms with Gasteiger partial charge in [-0.15, -0.1) is 0 Å². The molecule has 0 amide bonds. The van der Waals surface area contributed by atoms with Crippen LogP contribution in [0.2, 0.25) is 0 Å². The zero-order valence-corrected chi connectivity index (χ0v) is 15.2. The molecule has 0 fully saturated rings. The minimum atomic E-state index is 0.206. The van der Waals surface area contributed by atoms with Gasteiger partial charge in [0, 0.05) is 36.7 Å². The van der Waals surface area contributed by atoms with Crippen molar-refractivity contribution in [3.63, 3.8) is 0 Å². The average Bonchev–Trinajstić information content (AvgIpc) is 3.22. The molecule has 1 aliphatic rings. The van der Waals surface area contributed by atoms with Gasteiger partial charge in [0.2, 0.25) is 0 Å². The first-order chi connectivity index (χ1) is 12.7. The average molecular weight is 352 g/mol. The van der Waals surface area contributed by atoms with E-state index >= 15 is 0 Å². The predicted molar refractivity (Wildman–Crippen MR) is 100 cm³/mol. The molecule has 3 aromatic rings. The van der Waals surface area contributed by atoms with Crippen molar-refractivity contribution in [1.82, 2.24) is 25.5 Å².